The lowest BCUT2D eigenvalue weighted by molar-refractivity contribution is 0.416. The second-order valence-corrected chi connectivity index (χ2v) is 9.03. The van der Waals surface area contributed by atoms with Gasteiger partial charge in [-0.1, -0.05) is 29.3 Å². The molecule has 1 aliphatic rings. The van der Waals surface area contributed by atoms with E-state index >= 15 is 0 Å². The van der Waals surface area contributed by atoms with Gasteiger partial charge in [-0.3, -0.25) is 4.79 Å². The summed E-state index contributed by atoms with van der Waals surface area (Å²) < 4.78 is 5.68. The van der Waals surface area contributed by atoms with E-state index in [4.69, 9.17) is 32.9 Å². The second kappa shape index (κ2) is 10.1. The lowest BCUT2D eigenvalue weighted by Gasteiger charge is -2.30. The molecule has 8 nitrogen and oxygen atoms in total. The number of ether oxygens (including phenoxy) is 1. The van der Waals surface area contributed by atoms with Crippen LogP contribution in [0.15, 0.2) is 53.6 Å². The number of aromatic nitrogens is 3. The Morgan fingerprint density at radius 2 is 1.89 bits per heavy atom. The van der Waals surface area contributed by atoms with E-state index in [9.17, 15) is 4.79 Å². The predicted molar refractivity (Wildman–Crippen MR) is 141 cm³/mol. The first-order valence-corrected chi connectivity index (χ1v) is 12.0. The van der Waals surface area contributed by atoms with Gasteiger partial charge in [0.2, 0.25) is 0 Å². The summed E-state index contributed by atoms with van der Waals surface area (Å²) in [5.74, 6) is 1.03. The van der Waals surface area contributed by atoms with Crippen LogP contribution in [0.2, 0.25) is 10.0 Å². The topological polar surface area (TPSA) is 95.2 Å². The third kappa shape index (κ3) is 4.91. The molecule has 1 fully saturated rings. The molecular weight excluding hydrogens is 487 g/mol. The summed E-state index contributed by atoms with van der Waals surface area (Å²) in [5, 5.41) is 8.12. The number of benzene rings is 2. The van der Waals surface area contributed by atoms with Crippen LogP contribution in [0, 0.1) is 0 Å². The number of nitrogens with one attached hydrogen (secondary N) is 3. The van der Waals surface area contributed by atoms with Crippen molar-refractivity contribution in [3.63, 3.8) is 0 Å². The fourth-order valence-electron chi connectivity index (χ4n) is 4.24. The van der Waals surface area contributed by atoms with Gasteiger partial charge >= 0.3 is 0 Å². The quantitative estimate of drug-likeness (QED) is 0.354. The van der Waals surface area contributed by atoms with Crippen molar-refractivity contribution in [2.45, 2.75) is 6.42 Å². The number of methoxy groups -OCH3 is 1. The number of nitrogens with zero attached hydrogens (tertiary/aromatic N) is 3. The minimum atomic E-state index is -0.288. The lowest BCUT2D eigenvalue weighted by atomic mass is 10.1. The molecule has 3 heterocycles. The number of piperazine rings is 1. The molecule has 0 atom stereocenters. The Kier molecular flexibility index (Phi) is 6.77. The molecule has 0 amide bonds. The summed E-state index contributed by atoms with van der Waals surface area (Å²) in [6, 6.07) is 13.1. The molecule has 0 saturated carbocycles. The first kappa shape index (κ1) is 23.4. The fraction of sp³-hybridized carbons (Fsp3) is 0.240. The van der Waals surface area contributed by atoms with Crippen molar-refractivity contribution in [2.24, 2.45) is 0 Å². The first-order chi connectivity index (χ1) is 17.0. The first-order valence-electron chi connectivity index (χ1n) is 11.2. The Morgan fingerprint density at radius 3 is 2.63 bits per heavy atom. The number of fused-ring (bicyclic) bond motifs is 1. The molecule has 1 aliphatic heterocycles. The largest absolute Gasteiger partial charge is 0.494 e. The van der Waals surface area contributed by atoms with Gasteiger partial charge < -0.3 is 25.3 Å². The van der Waals surface area contributed by atoms with Crippen molar-refractivity contribution in [3.8, 4) is 5.75 Å². The Bertz CT molecular complexity index is 1420. The molecule has 3 N–H and O–H groups in total. The van der Waals surface area contributed by atoms with E-state index in [2.05, 4.69) is 25.5 Å². The number of anilines is 3. The van der Waals surface area contributed by atoms with Gasteiger partial charge in [-0.25, -0.2) is 9.97 Å². The van der Waals surface area contributed by atoms with Crippen LogP contribution in [0.3, 0.4) is 0 Å². The number of H-pyrrole nitrogens is 1. The standard InChI is InChI=1S/C25H24Cl2N6O2/c1-35-22-13-16(33-9-7-28-8-10-33)5-6-20(22)32-24-23-21(29-14-30-25(23)34)12-15(31-24)11-17-18(26)3-2-4-19(17)27/h2-6,12-14,28H,7-11H2,1H3,(H,31,32)(H,29,30,34). The van der Waals surface area contributed by atoms with E-state index in [-0.39, 0.29) is 5.56 Å². The summed E-state index contributed by atoms with van der Waals surface area (Å²) in [4.78, 5) is 26.8. The highest BCUT2D eigenvalue weighted by molar-refractivity contribution is 6.36. The average molecular weight is 511 g/mol. The maximum atomic E-state index is 12.7. The van der Waals surface area contributed by atoms with Gasteiger partial charge in [0.25, 0.3) is 5.56 Å². The lowest BCUT2D eigenvalue weighted by Crippen LogP contribution is -2.43. The molecule has 180 valence electrons. The highest BCUT2D eigenvalue weighted by Gasteiger charge is 2.17. The molecule has 5 rings (SSSR count). The summed E-state index contributed by atoms with van der Waals surface area (Å²) in [5.41, 5.74) is 3.43. The average Bonchev–Trinajstić information content (AvgIpc) is 2.87. The number of aromatic amines is 1. The van der Waals surface area contributed by atoms with Crippen LogP contribution in [-0.2, 0) is 6.42 Å². The van der Waals surface area contributed by atoms with Gasteiger partial charge in [0.05, 0.1) is 24.6 Å². The molecule has 1 saturated heterocycles. The van der Waals surface area contributed by atoms with Gasteiger partial charge in [-0.2, -0.15) is 0 Å². The normalized spacial score (nSPS) is 13.7. The highest BCUT2D eigenvalue weighted by atomic mass is 35.5. The number of pyridine rings is 1. The Balaban J connectivity index is 1.55. The predicted octanol–water partition coefficient (Wildman–Crippen LogP) is 4.38. The van der Waals surface area contributed by atoms with Crippen molar-refractivity contribution >= 4 is 51.3 Å². The maximum Gasteiger partial charge on any atom is 0.262 e. The van der Waals surface area contributed by atoms with Crippen molar-refractivity contribution in [1.29, 1.82) is 0 Å². The van der Waals surface area contributed by atoms with Crippen molar-refractivity contribution in [2.75, 3.05) is 43.5 Å². The van der Waals surface area contributed by atoms with Gasteiger partial charge in [-0.15, -0.1) is 0 Å². The van der Waals surface area contributed by atoms with Gasteiger partial charge in [0.15, 0.2) is 0 Å². The van der Waals surface area contributed by atoms with Crippen LogP contribution in [0.4, 0.5) is 17.2 Å². The highest BCUT2D eigenvalue weighted by Crippen LogP contribution is 2.34. The minimum Gasteiger partial charge on any atom is -0.494 e. The molecule has 2 aromatic heterocycles. The van der Waals surface area contributed by atoms with E-state index in [1.807, 2.05) is 18.2 Å². The van der Waals surface area contributed by atoms with E-state index in [0.717, 1.165) is 37.4 Å². The number of halogens is 2. The zero-order chi connectivity index (χ0) is 24.4. The second-order valence-electron chi connectivity index (χ2n) is 8.21. The minimum absolute atomic E-state index is 0.288. The summed E-state index contributed by atoms with van der Waals surface area (Å²) >= 11 is 12.8. The summed E-state index contributed by atoms with van der Waals surface area (Å²) in [6.45, 7) is 3.73. The zero-order valence-electron chi connectivity index (χ0n) is 19.1. The van der Waals surface area contributed by atoms with Crippen molar-refractivity contribution in [3.05, 3.63) is 80.4 Å². The van der Waals surface area contributed by atoms with Gasteiger partial charge in [-0.05, 0) is 35.9 Å². The number of rotatable bonds is 6. The van der Waals surface area contributed by atoms with Crippen LogP contribution >= 0.6 is 23.2 Å². The molecule has 0 aliphatic carbocycles. The molecule has 35 heavy (non-hydrogen) atoms. The monoisotopic (exact) mass is 510 g/mol. The van der Waals surface area contributed by atoms with E-state index in [1.165, 1.54) is 6.33 Å². The molecule has 0 unspecified atom stereocenters. The maximum absolute atomic E-state index is 12.7. The number of hydrogen-bond acceptors (Lipinski definition) is 7. The van der Waals surface area contributed by atoms with Gasteiger partial charge in [0.1, 0.15) is 17.0 Å². The van der Waals surface area contributed by atoms with Crippen LogP contribution in [0.25, 0.3) is 10.9 Å². The van der Waals surface area contributed by atoms with E-state index in [0.29, 0.717) is 50.3 Å². The van der Waals surface area contributed by atoms with Crippen molar-refractivity contribution < 1.29 is 4.74 Å². The van der Waals surface area contributed by atoms with E-state index in [1.54, 1.807) is 31.4 Å². The number of hydrogen-bond donors (Lipinski definition) is 3. The third-order valence-electron chi connectivity index (χ3n) is 6.02. The molecule has 0 spiro atoms. The van der Waals surface area contributed by atoms with Crippen LogP contribution in [-0.4, -0.2) is 48.2 Å². The zero-order valence-corrected chi connectivity index (χ0v) is 20.6. The Morgan fingerprint density at radius 1 is 1.11 bits per heavy atom. The molecule has 2 aromatic carbocycles. The van der Waals surface area contributed by atoms with Crippen LogP contribution < -0.4 is 25.8 Å². The fourth-order valence-corrected chi connectivity index (χ4v) is 4.77. The summed E-state index contributed by atoms with van der Waals surface area (Å²) in [7, 11) is 1.62. The summed E-state index contributed by atoms with van der Waals surface area (Å²) in [6.07, 6.45) is 1.76. The smallest absolute Gasteiger partial charge is 0.262 e. The molecule has 4 aromatic rings. The molecule has 0 radical (unpaired) electrons. The SMILES string of the molecule is COc1cc(N2CCNCC2)ccc1Nc1nc(Cc2c(Cl)cccc2Cl)cc2nc[nH]c(=O)c12. The molecule has 10 heteroatoms. The molecule has 0 bridgehead atoms. The Hall–Kier alpha value is -3.33. The van der Waals surface area contributed by atoms with E-state index < -0.39 is 0 Å². The molecular formula is C25H24Cl2N6O2. The third-order valence-corrected chi connectivity index (χ3v) is 6.73. The van der Waals surface area contributed by atoms with Crippen molar-refractivity contribution in [1.82, 2.24) is 20.3 Å². The van der Waals surface area contributed by atoms with Crippen LogP contribution in [0.1, 0.15) is 11.3 Å². The Labute approximate surface area is 212 Å². The van der Waals surface area contributed by atoms with Crippen LogP contribution in [0.5, 0.6) is 5.75 Å². The van der Waals surface area contributed by atoms with Gasteiger partial charge in [0, 0.05) is 60.1 Å².